The Labute approximate surface area is 162 Å². The second-order valence-corrected chi connectivity index (χ2v) is 6.28. The minimum Gasteiger partial charge on any atom is -0.480 e. The van der Waals surface area contributed by atoms with Gasteiger partial charge in [-0.05, 0) is 35.4 Å². The van der Waals surface area contributed by atoms with Crippen LogP contribution in [0.5, 0.6) is 0 Å². The summed E-state index contributed by atoms with van der Waals surface area (Å²) in [4.78, 5) is 24.8. The van der Waals surface area contributed by atoms with Gasteiger partial charge < -0.3 is 10.4 Å². The molecule has 0 spiro atoms. The molecule has 0 radical (unpaired) electrons. The van der Waals surface area contributed by atoms with Crippen molar-refractivity contribution in [3.8, 4) is 6.07 Å². The molecule has 138 valence electrons. The van der Waals surface area contributed by atoms with E-state index in [-0.39, 0.29) is 0 Å². The third-order valence-electron chi connectivity index (χ3n) is 4.48. The molecule has 1 atom stereocenters. The highest BCUT2D eigenvalue weighted by Crippen LogP contribution is 2.28. The van der Waals surface area contributed by atoms with E-state index in [9.17, 15) is 14.7 Å². The Balaban J connectivity index is 1.96. The zero-order chi connectivity index (χ0) is 19.9. The van der Waals surface area contributed by atoms with Crippen molar-refractivity contribution in [1.29, 1.82) is 5.26 Å². The molecule has 0 aliphatic heterocycles. The number of nitrogens with one attached hydrogen (secondary N) is 1. The summed E-state index contributed by atoms with van der Waals surface area (Å²) in [7, 11) is 0. The molecule has 0 saturated carbocycles. The lowest BCUT2D eigenvalue weighted by Gasteiger charge is -2.26. The topological polar surface area (TPSA) is 90.2 Å². The Morgan fingerprint density at radius 2 is 1.32 bits per heavy atom. The van der Waals surface area contributed by atoms with Gasteiger partial charge in [-0.15, -0.1) is 0 Å². The zero-order valence-corrected chi connectivity index (χ0v) is 14.9. The largest absolute Gasteiger partial charge is 0.480 e. The number of benzene rings is 3. The van der Waals surface area contributed by atoms with Gasteiger partial charge in [0.25, 0.3) is 5.91 Å². The van der Waals surface area contributed by atoms with Gasteiger partial charge in [0, 0.05) is 11.5 Å². The van der Waals surface area contributed by atoms with E-state index in [1.807, 2.05) is 66.7 Å². The molecule has 0 aliphatic rings. The maximum atomic E-state index is 12.7. The Kier molecular flexibility index (Phi) is 5.83. The second kappa shape index (κ2) is 8.65. The maximum absolute atomic E-state index is 12.7. The van der Waals surface area contributed by atoms with Gasteiger partial charge in [-0.25, -0.2) is 4.79 Å². The molecular weight excluding hydrogens is 352 g/mol. The van der Waals surface area contributed by atoms with Gasteiger partial charge in [-0.1, -0.05) is 60.7 Å². The van der Waals surface area contributed by atoms with Crippen LogP contribution in [0.25, 0.3) is 0 Å². The van der Waals surface area contributed by atoms with Crippen LogP contribution < -0.4 is 5.32 Å². The Morgan fingerprint density at radius 1 is 0.821 bits per heavy atom. The van der Waals surface area contributed by atoms with Gasteiger partial charge in [0.2, 0.25) is 0 Å². The van der Waals surface area contributed by atoms with Crippen molar-refractivity contribution < 1.29 is 14.7 Å². The lowest BCUT2D eigenvalue weighted by Crippen LogP contribution is -2.45. The number of carboxylic acids is 1. The summed E-state index contributed by atoms with van der Waals surface area (Å²) < 4.78 is 0. The summed E-state index contributed by atoms with van der Waals surface area (Å²) >= 11 is 0. The Morgan fingerprint density at radius 3 is 1.75 bits per heavy atom. The van der Waals surface area contributed by atoms with E-state index in [1.54, 1.807) is 0 Å². The summed E-state index contributed by atoms with van der Waals surface area (Å²) in [6, 6.07) is 25.4. The molecule has 5 heteroatoms. The zero-order valence-electron chi connectivity index (χ0n) is 14.9. The average Bonchev–Trinajstić information content (AvgIpc) is 2.74. The monoisotopic (exact) mass is 370 g/mol. The van der Waals surface area contributed by atoms with Crippen LogP contribution in [0.1, 0.15) is 33.0 Å². The first kappa shape index (κ1) is 18.9. The van der Waals surface area contributed by atoms with Gasteiger partial charge in [0.05, 0.1) is 11.6 Å². The molecule has 28 heavy (non-hydrogen) atoms. The minimum absolute atomic E-state index is 0.296. The predicted molar refractivity (Wildman–Crippen MR) is 105 cm³/mol. The van der Waals surface area contributed by atoms with Crippen molar-refractivity contribution in [1.82, 2.24) is 5.32 Å². The molecule has 0 heterocycles. The number of amides is 1. The molecule has 0 unspecified atom stereocenters. The van der Waals surface area contributed by atoms with Crippen LogP contribution in [0.15, 0.2) is 84.9 Å². The van der Waals surface area contributed by atoms with Gasteiger partial charge in [-0.3, -0.25) is 4.79 Å². The van der Waals surface area contributed by atoms with Crippen molar-refractivity contribution in [2.45, 2.75) is 12.0 Å². The minimum atomic E-state index is -1.16. The fraction of sp³-hybridized carbons (Fsp3) is 0.0870. The molecule has 3 rings (SSSR count). The van der Waals surface area contributed by atoms with Crippen molar-refractivity contribution >= 4 is 11.9 Å². The first-order valence-corrected chi connectivity index (χ1v) is 8.74. The number of hydrogen-bond acceptors (Lipinski definition) is 3. The lowest BCUT2D eigenvalue weighted by molar-refractivity contribution is -0.139. The fourth-order valence-electron chi connectivity index (χ4n) is 3.11. The third kappa shape index (κ3) is 4.25. The number of rotatable bonds is 6. The molecule has 1 amide bonds. The summed E-state index contributed by atoms with van der Waals surface area (Å²) in [5.41, 5.74) is 2.31. The predicted octanol–water partition coefficient (Wildman–Crippen LogP) is 3.57. The van der Waals surface area contributed by atoms with Crippen molar-refractivity contribution in [2.24, 2.45) is 0 Å². The molecule has 3 aromatic rings. The highest BCUT2D eigenvalue weighted by Gasteiger charge is 2.32. The molecule has 0 bridgehead atoms. The first-order valence-electron chi connectivity index (χ1n) is 8.74. The van der Waals surface area contributed by atoms with Crippen molar-refractivity contribution in [3.63, 3.8) is 0 Å². The van der Waals surface area contributed by atoms with E-state index in [2.05, 4.69) is 5.32 Å². The van der Waals surface area contributed by atoms with Gasteiger partial charge in [0.15, 0.2) is 0 Å². The van der Waals surface area contributed by atoms with Gasteiger partial charge in [-0.2, -0.15) is 5.26 Å². The fourth-order valence-corrected chi connectivity index (χ4v) is 3.11. The number of aliphatic carboxylic acids is 1. The number of nitrogens with zero attached hydrogens (tertiary/aromatic N) is 1. The highest BCUT2D eigenvalue weighted by atomic mass is 16.4. The Hall–Kier alpha value is -3.91. The normalized spacial score (nSPS) is 11.4. The molecule has 5 nitrogen and oxygen atoms in total. The van der Waals surface area contributed by atoms with E-state index in [1.165, 1.54) is 24.3 Å². The number of carbonyl (C=O) groups is 2. The van der Waals surface area contributed by atoms with Crippen LogP contribution in [0, 0.1) is 11.3 Å². The Bertz CT molecular complexity index is 954. The van der Waals surface area contributed by atoms with E-state index in [4.69, 9.17) is 5.26 Å². The third-order valence-corrected chi connectivity index (χ3v) is 4.48. The van der Waals surface area contributed by atoms with E-state index >= 15 is 0 Å². The smallest absolute Gasteiger partial charge is 0.327 e. The second-order valence-electron chi connectivity index (χ2n) is 6.28. The van der Waals surface area contributed by atoms with Crippen LogP contribution in [0.3, 0.4) is 0 Å². The van der Waals surface area contributed by atoms with Crippen LogP contribution in [-0.2, 0) is 4.79 Å². The van der Waals surface area contributed by atoms with E-state index in [0.717, 1.165) is 11.1 Å². The molecular formula is C23H18N2O3. The summed E-state index contributed by atoms with van der Waals surface area (Å²) in [5, 5.41) is 21.4. The van der Waals surface area contributed by atoms with Gasteiger partial charge in [0.1, 0.15) is 6.04 Å². The molecule has 0 aromatic heterocycles. The summed E-state index contributed by atoms with van der Waals surface area (Å²) in [6.07, 6.45) is 0. The first-order chi connectivity index (χ1) is 13.6. The van der Waals surface area contributed by atoms with Crippen molar-refractivity contribution in [2.75, 3.05) is 0 Å². The van der Waals surface area contributed by atoms with Gasteiger partial charge >= 0.3 is 5.97 Å². The lowest BCUT2D eigenvalue weighted by atomic mass is 9.85. The average molecular weight is 370 g/mol. The molecule has 0 saturated heterocycles. The van der Waals surface area contributed by atoms with Crippen LogP contribution >= 0.6 is 0 Å². The summed E-state index contributed by atoms with van der Waals surface area (Å²) in [5.74, 6) is -2.18. The number of hydrogen-bond donors (Lipinski definition) is 2. The van der Waals surface area contributed by atoms with Crippen LogP contribution in [0.2, 0.25) is 0 Å². The maximum Gasteiger partial charge on any atom is 0.327 e. The number of carbonyl (C=O) groups excluding carboxylic acids is 1. The van der Waals surface area contributed by atoms with E-state index in [0.29, 0.717) is 11.1 Å². The number of carboxylic acid groups (broad SMARTS) is 1. The van der Waals surface area contributed by atoms with E-state index < -0.39 is 23.8 Å². The molecule has 2 N–H and O–H groups in total. The SMILES string of the molecule is N#Cc1ccc(C(=O)N[C@@H](C(=O)O)C(c2ccccc2)c2ccccc2)cc1. The van der Waals surface area contributed by atoms with Crippen molar-refractivity contribution in [3.05, 3.63) is 107 Å². The van der Waals surface area contributed by atoms with Crippen LogP contribution in [0.4, 0.5) is 0 Å². The standard InChI is InChI=1S/C23H18N2O3/c24-15-16-11-13-19(14-12-16)22(26)25-21(23(27)28)20(17-7-3-1-4-8-17)18-9-5-2-6-10-18/h1-14,20-21H,(H,25,26)(H,27,28)/t21-/m1/s1. The molecule has 0 aliphatic carbocycles. The quantitative estimate of drug-likeness (QED) is 0.694. The summed E-state index contributed by atoms with van der Waals surface area (Å²) in [6.45, 7) is 0. The molecule has 0 fully saturated rings. The molecule has 3 aromatic carbocycles. The number of nitriles is 1. The van der Waals surface area contributed by atoms with Crippen LogP contribution in [-0.4, -0.2) is 23.0 Å². The highest BCUT2D eigenvalue weighted by molar-refractivity contribution is 5.97.